The maximum atomic E-state index is 13.2. The van der Waals surface area contributed by atoms with Crippen LogP contribution in [0, 0.1) is 0 Å². The summed E-state index contributed by atoms with van der Waals surface area (Å²) < 4.78 is 67.7. The number of halogens is 3. The largest absolute Gasteiger partial charge is 0.421 e. The molecule has 1 N–H and O–H groups in total. The minimum absolute atomic E-state index is 0.222. The molecule has 34 heavy (non-hydrogen) atoms. The molecule has 1 fully saturated rings. The normalized spacial score (nSPS) is 19.7. The first-order valence-electron chi connectivity index (χ1n) is 10.7. The van der Waals surface area contributed by atoms with Crippen LogP contribution >= 0.6 is 11.3 Å². The lowest BCUT2D eigenvalue weighted by atomic mass is 9.94. The number of benzene rings is 2. The molecule has 4 rings (SSSR count). The van der Waals surface area contributed by atoms with Gasteiger partial charge in [-0.2, -0.15) is 17.5 Å². The van der Waals surface area contributed by atoms with E-state index in [2.05, 4.69) is 0 Å². The van der Waals surface area contributed by atoms with E-state index in [4.69, 9.17) is 0 Å². The van der Waals surface area contributed by atoms with Crippen molar-refractivity contribution in [2.24, 2.45) is 0 Å². The molecule has 2 aromatic carbocycles. The molecule has 10 heteroatoms. The number of nitrogens with zero attached hydrogens (tertiary/aromatic N) is 2. The molecule has 0 bridgehead atoms. The highest BCUT2D eigenvalue weighted by Gasteiger charge is 2.51. The Balaban J connectivity index is 1.62. The van der Waals surface area contributed by atoms with E-state index >= 15 is 0 Å². The number of piperazine rings is 1. The van der Waals surface area contributed by atoms with Crippen molar-refractivity contribution in [3.05, 3.63) is 83.2 Å². The molecule has 0 amide bonds. The zero-order valence-electron chi connectivity index (χ0n) is 18.4. The van der Waals surface area contributed by atoms with E-state index in [1.165, 1.54) is 27.8 Å². The minimum Gasteiger partial charge on any atom is -0.376 e. The van der Waals surface area contributed by atoms with E-state index in [1.54, 1.807) is 29.6 Å². The van der Waals surface area contributed by atoms with E-state index < -0.39 is 21.8 Å². The molecule has 1 aromatic heterocycles. The van der Waals surface area contributed by atoms with Gasteiger partial charge in [0, 0.05) is 31.4 Å². The van der Waals surface area contributed by atoms with Crippen molar-refractivity contribution in [3.8, 4) is 0 Å². The second-order valence-corrected chi connectivity index (χ2v) is 11.6. The Morgan fingerprint density at radius 1 is 1.00 bits per heavy atom. The number of aliphatic hydroxyl groups is 1. The molecule has 1 saturated heterocycles. The molecule has 182 valence electrons. The monoisotopic (exact) mass is 510 g/mol. The standard InChI is InChI=1S/C24H25F3N2O3S2/c1-23(30,24(25,26)27)19-9-11-20(12-10-19)29-14-13-28(34(31,32)22-8-5-15-33-22)17-21(29)16-18-6-3-2-4-7-18/h2-12,15,21,30H,13-14,16-17H2,1H3. The zero-order valence-corrected chi connectivity index (χ0v) is 20.1. The van der Waals surface area contributed by atoms with Crippen LogP contribution < -0.4 is 4.90 Å². The lowest BCUT2D eigenvalue weighted by Crippen LogP contribution is -2.55. The molecule has 2 atom stereocenters. The number of sulfonamides is 1. The van der Waals surface area contributed by atoms with E-state index in [0.29, 0.717) is 18.7 Å². The Labute approximate surface area is 201 Å². The third kappa shape index (κ3) is 4.86. The van der Waals surface area contributed by atoms with Gasteiger partial charge in [-0.1, -0.05) is 48.5 Å². The summed E-state index contributed by atoms with van der Waals surface area (Å²) in [6, 6.07) is 18.4. The predicted octanol–water partition coefficient (Wildman–Crippen LogP) is 4.64. The van der Waals surface area contributed by atoms with Crippen molar-refractivity contribution < 1.29 is 26.7 Å². The fourth-order valence-electron chi connectivity index (χ4n) is 4.12. The van der Waals surface area contributed by atoms with Gasteiger partial charge in [0.05, 0.1) is 0 Å². The Hall–Kier alpha value is -2.40. The minimum atomic E-state index is -4.80. The highest BCUT2D eigenvalue weighted by atomic mass is 32.2. The number of hydrogen-bond acceptors (Lipinski definition) is 5. The SMILES string of the molecule is CC(O)(c1ccc(N2CCN(S(=O)(=O)c3cccs3)CC2Cc2ccccc2)cc1)C(F)(F)F. The molecular weight excluding hydrogens is 485 g/mol. The number of anilines is 1. The van der Waals surface area contributed by atoms with E-state index in [9.17, 15) is 26.7 Å². The molecule has 1 aliphatic rings. The van der Waals surface area contributed by atoms with Crippen LogP contribution in [0.4, 0.5) is 18.9 Å². The van der Waals surface area contributed by atoms with E-state index in [-0.39, 0.29) is 28.9 Å². The number of rotatable bonds is 6. The third-order valence-corrected chi connectivity index (χ3v) is 9.40. The van der Waals surface area contributed by atoms with Gasteiger partial charge >= 0.3 is 6.18 Å². The fourth-order valence-corrected chi connectivity index (χ4v) is 6.74. The molecule has 0 saturated carbocycles. The maximum absolute atomic E-state index is 13.2. The summed E-state index contributed by atoms with van der Waals surface area (Å²) in [6.07, 6.45) is -4.23. The van der Waals surface area contributed by atoms with Crippen LogP contribution in [-0.2, 0) is 22.0 Å². The van der Waals surface area contributed by atoms with Gasteiger partial charge in [0.1, 0.15) is 4.21 Å². The molecule has 0 radical (unpaired) electrons. The molecule has 2 heterocycles. The zero-order chi connectivity index (χ0) is 24.6. The lowest BCUT2D eigenvalue weighted by Gasteiger charge is -2.42. The Bertz CT molecular complexity index is 1200. The molecule has 3 aromatic rings. The van der Waals surface area contributed by atoms with Crippen LogP contribution in [0.15, 0.2) is 76.3 Å². The van der Waals surface area contributed by atoms with Gasteiger partial charge in [-0.05, 0) is 48.1 Å². The molecule has 1 aliphatic heterocycles. The molecular formula is C24H25F3N2O3S2. The van der Waals surface area contributed by atoms with Crippen molar-refractivity contribution >= 4 is 27.0 Å². The number of thiophene rings is 1. The lowest BCUT2D eigenvalue weighted by molar-refractivity contribution is -0.258. The van der Waals surface area contributed by atoms with Gasteiger partial charge in [0.2, 0.25) is 0 Å². The van der Waals surface area contributed by atoms with Gasteiger partial charge in [-0.3, -0.25) is 0 Å². The summed E-state index contributed by atoms with van der Waals surface area (Å²) in [5, 5.41) is 11.7. The van der Waals surface area contributed by atoms with Gasteiger partial charge < -0.3 is 10.0 Å². The summed E-state index contributed by atoms with van der Waals surface area (Å²) in [4.78, 5) is 2.03. The summed E-state index contributed by atoms with van der Waals surface area (Å²) in [5.74, 6) is 0. The second-order valence-electron chi connectivity index (χ2n) is 8.45. The van der Waals surface area contributed by atoms with Crippen LogP contribution in [-0.4, -0.2) is 49.7 Å². The first-order chi connectivity index (χ1) is 16.0. The van der Waals surface area contributed by atoms with Crippen molar-refractivity contribution in [2.75, 3.05) is 24.5 Å². The smallest absolute Gasteiger partial charge is 0.376 e. The molecule has 5 nitrogen and oxygen atoms in total. The van der Waals surface area contributed by atoms with Crippen LogP contribution in [0.5, 0.6) is 0 Å². The van der Waals surface area contributed by atoms with Gasteiger partial charge in [-0.15, -0.1) is 11.3 Å². The number of alkyl halides is 3. The second kappa shape index (κ2) is 9.33. The average Bonchev–Trinajstić information content (AvgIpc) is 3.35. The first-order valence-corrected chi connectivity index (χ1v) is 13.1. The van der Waals surface area contributed by atoms with E-state index in [0.717, 1.165) is 12.5 Å². The number of hydrogen-bond donors (Lipinski definition) is 1. The topological polar surface area (TPSA) is 60.9 Å². The van der Waals surface area contributed by atoms with Crippen LogP contribution in [0.3, 0.4) is 0 Å². The highest BCUT2D eigenvalue weighted by Crippen LogP contribution is 2.39. The predicted molar refractivity (Wildman–Crippen MR) is 126 cm³/mol. The van der Waals surface area contributed by atoms with Crippen molar-refractivity contribution in [1.29, 1.82) is 0 Å². The summed E-state index contributed by atoms with van der Waals surface area (Å²) in [5.41, 5.74) is -1.50. The summed E-state index contributed by atoms with van der Waals surface area (Å²) in [7, 11) is -3.62. The Kier molecular flexibility index (Phi) is 6.78. The van der Waals surface area contributed by atoms with Gasteiger partial charge in [-0.25, -0.2) is 8.42 Å². The Morgan fingerprint density at radius 3 is 2.26 bits per heavy atom. The Morgan fingerprint density at radius 2 is 1.68 bits per heavy atom. The highest BCUT2D eigenvalue weighted by molar-refractivity contribution is 7.91. The van der Waals surface area contributed by atoms with Crippen molar-refractivity contribution in [2.45, 2.75) is 35.4 Å². The summed E-state index contributed by atoms with van der Waals surface area (Å²) in [6.45, 7) is 1.62. The van der Waals surface area contributed by atoms with Crippen LogP contribution in [0.2, 0.25) is 0 Å². The van der Waals surface area contributed by atoms with Gasteiger partial charge in [0.15, 0.2) is 5.60 Å². The molecule has 0 spiro atoms. The molecule has 0 aliphatic carbocycles. The average molecular weight is 511 g/mol. The van der Waals surface area contributed by atoms with Crippen LogP contribution in [0.25, 0.3) is 0 Å². The molecule has 2 unspecified atom stereocenters. The fraction of sp³-hybridized carbons (Fsp3) is 0.333. The van der Waals surface area contributed by atoms with E-state index in [1.807, 2.05) is 35.2 Å². The van der Waals surface area contributed by atoms with Crippen molar-refractivity contribution in [1.82, 2.24) is 4.31 Å². The first kappa shape index (κ1) is 24.7. The third-order valence-electron chi connectivity index (χ3n) is 6.16. The van der Waals surface area contributed by atoms with Crippen LogP contribution in [0.1, 0.15) is 18.1 Å². The quantitative estimate of drug-likeness (QED) is 0.525. The maximum Gasteiger partial charge on any atom is 0.421 e. The van der Waals surface area contributed by atoms with Crippen molar-refractivity contribution in [3.63, 3.8) is 0 Å². The van der Waals surface area contributed by atoms with Gasteiger partial charge in [0.25, 0.3) is 10.0 Å². The summed E-state index contributed by atoms with van der Waals surface area (Å²) >= 11 is 1.17.